The summed E-state index contributed by atoms with van der Waals surface area (Å²) in [4.78, 5) is 13.8. The highest BCUT2D eigenvalue weighted by Gasteiger charge is 2.20. The first-order valence-corrected chi connectivity index (χ1v) is 6.32. The van der Waals surface area contributed by atoms with Crippen LogP contribution in [0.25, 0.3) is 0 Å². The Morgan fingerprint density at radius 1 is 1.56 bits per heavy atom. The molecule has 16 heavy (non-hydrogen) atoms. The molecule has 0 aromatic rings. The summed E-state index contributed by atoms with van der Waals surface area (Å²) in [6.45, 7) is 5.36. The van der Waals surface area contributed by atoms with Crippen molar-refractivity contribution in [2.24, 2.45) is 0 Å². The van der Waals surface area contributed by atoms with Crippen LogP contribution in [0.1, 0.15) is 32.6 Å². The molecule has 1 fully saturated rings. The Morgan fingerprint density at radius 2 is 2.38 bits per heavy atom. The summed E-state index contributed by atoms with van der Waals surface area (Å²) in [6.07, 6.45) is 4.06. The van der Waals surface area contributed by atoms with Gasteiger partial charge in [0.05, 0.1) is 6.10 Å². The van der Waals surface area contributed by atoms with E-state index in [1.54, 1.807) is 0 Å². The quantitative estimate of drug-likeness (QED) is 0.661. The maximum atomic E-state index is 11.9. The zero-order chi connectivity index (χ0) is 11.8. The summed E-state index contributed by atoms with van der Waals surface area (Å²) in [7, 11) is 1.91. The summed E-state index contributed by atoms with van der Waals surface area (Å²) in [5, 5.41) is 3.06. The van der Waals surface area contributed by atoms with Gasteiger partial charge < -0.3 is 15.0 Å². The molecule has 1 unspecified atom stereocenters. The topological polar surface area (TPSA) is 41.6 Å². The van der Waals surface area contributed by atoms with Crippen molar-refractivity contribution in [3.05, 3.63) is 0 Å². The monoisotopic (exact) mass is 228 g/mol. The smallest absolute Gasteiger partial charge is 0.222 e. The average Bonchev–Trinajstić information content (AvgIpc) is 2.78. The van der Waals surface area contributed by atoms with Gasteiger partial charge in [-0.2, -0.15) is 0 Å². The third-order valence-electron chi connectivity index (χ3n) is 3.00. The Balaban J connectivity index is 2.25. The maximum Gasteiger partial charge on any atom is 0.222 e. The Kier molecular flexibility index (Phi) is 6.42. The van der Waals surface area contributed by atoms with Crippen LogP contribution < -0.4 is 5.32 Å². The highest BCUT2D eigenvalue weighted by Crippen LogP contribution is 2.13. The van der Waals surface area contributed by atoms with E-state index in [2.05, 4.69) is 5.32 Å². The van der Waals surface area contributed by atoms with Crippen molar-refractivity contribution < 1.29 is 9.53 Å². The van der Waals surface area contributed by atoms with Crippen LogP contribution in [0.2, 0.25) is 0 Å². The molecule has 0 spiro atoms. The van der Waals surface area contributed by atoms with E-state index in [0.717, 1.165) is 45.5 Å². The summed E-state index contributed by atoms with van der Waals surface area (Å²) in [6, 6.07) is 0. The molecular weight excluding hydrogens is 204 g/mol. The lowest BCUT2D eigenvalue weighted by Crippen LogP contribution is -2.37. The predicted molar refractivity (Wildman–Crippen MR) is 64.4 cm³/mol. The fraction of sp³-hybridized carbons (Fsp3) is 0.917. The van der Waals surface area contributed by atoms with E-state index in [9.17, 15) is 4.79 Å². The SMILES string of the molecule is CCN(CC1CCCO1)C(=O)CCCNC. The van der Waals surface area contributed by atoms with E-state index in [4.69, 9.17) is 4.74 Å². The number of hydrogen-bond donors (Lipinski definition) is 1. The van der Waals surface area contributed by atoms with Crippen LogP contribution in [-0.4, -0.2) is 50.2 Å². The molecule has 1 aliphatic rings. The molecule has 1 rings (SSSR count). The molecule has 4 heteroatoms. The molecule has 0 aromatic heterocycles. The number of likely N-dealkylation sites (N-methyl/N-ethyl adjacent to an activating group) is 1. The largest absolute Gasteiger partial charge is 0.376 e. The first-order chi connectivity index (χ1) is 7.77. The minimum atomic E-state index is 0.258. The maximum absolute atomic E-state index is 11.9. The van der Waals surface area contributed by atoms with E-state index in [1.165, 1.54) is 0 Å². The molecule has 1 amide bonds. The van der Waals surface area contributed by atoms with Crippen molar-refractivity contribution in [2.45, 2.75) is 38.7 Å². The van der Waals surface area contributed by atoms with Gasteiger partial charge >= 0.3 is 0 Å². The lowest BCUT2D eigenvalue weighted by atomic mass is 10.2. The van der Waals surface area contributed by atoms with Crippen LogP contribution >= 0.6 is 0 Å². The lowest BCUT2D eigenvalue weighted by Gasteiger charge is -2.24. The third-order valence-corrected chi connectivity index (χ3v) is 3.00. The number of ether oxygens (including phenoxy) is 1. The van der Waals surface area contributed by atoms with Crippen molar-refractivity contribution >= 4 is 5.91 Å². The molecule has 1 aliphatic heterocycles. The van der Waals surface area contributed by atoms with Gasteiger partial charge in [0.2, 0.25) is 5.91 Å². The predicted octanol–water partition coefficient (Wildman–Crippen LogP) is 1.01. The van der Waals surface area contributed by atoms with Crippen LogP contribution in [0.5, 0.6) is 0 Å². The van der Waals surface area contributed by atoms with Crippen molar-refractivity contribution in [1.82, 2.24) is 10.2 Å². The van der Waals surface area contributed by atoms with Crippen molar-refractivity contribution in [3.8, 4) is 0 Å². The van der Waals surface area contributed by atoms with E-state index in [-0.39, 0.29) is 12.0 Å². The molecule has 1 heterocycles. The molecule has 1 N–H and O–H groups in total. The van der Waals surface area contributed by atoms with Crippen LogP contribution in [0.4, 0.5) is 0 Å². The molecule has 1 atom stereocenters. The van der Waals surface area contributed by atoms with Crippen LogP contribution in [-0.2, 0) is 9.53 Å². The Hall–Kier alpha value is -0.610. The van der Waals surface area contributed by atoms with Crippen molar-refractivity contribution in [2.75, 3.05) is 33.3 Å². The molecule has 0 saturated carbocycles. The van der Waals surface area contributed by atoms with Gasteiger partial charge in [-0.15, -0.1) is 0 Å². The van der Waals surface area contributed by atoms with Crippen molar-refractivity contribution in [3.63, 3.8) is 0 Å². The number of carbonyl (C=O) groups excluding carboxylic acids is 1. The van der Waals surface area contributed by atoms with Gasteiger partial charge in [0.25, 0.3) is 0 Å². The standard InChI is InChI=1S/C12H24N2O2/c1-3-14(10-11-6-5-9-16-11)12(15)7-4-8-13-2/h11,13H,3-10H2,1-2H3. The number of amides is 1. The number of carbonyl (C=O) groups is 1. The zero-order valence-electron chi connectivity index (χ0n) is 10.5. The molecule has 0 bridgehead atoms. The minimum absolute atomic E-state index is 0.258. The number of nitrogens with one attached hydrogen (secondary N) is 1. The van der Waals surface area contributed by atoms with E-state index >= 15 is 0 Å². The number of nitrogens with zero attached hydrogens (tertiary/aromatic N) is 1. The zero-order valence-corrected chi connectivity index (χ0v) is 10.5. The second kappa shape index (κ2) is 7.63. The summed E-state index contributed by atoms with van der Waals surface area (Å²) in [5.74, 6) is 0.258. The number of rotatable bonds is 7. The van der Waals surface area contributed by atoms with Gasteiger partial charge in [0.1, 0.15) is 0 Å². The van der Waals surface area contributed by atoms with Crippen LogP contribution in [0.15, 0.2) is 0 Å². The molecule has 4 nitrogen and oxygen atoms in total. The summed E-state index contributed by atoms with van der Waals surface area (Å²) < 4.78 is 5.55. The first kappa shape index (κ1) is 13.5. The Labute approximate surface area is 98.3 Å². The fourth-order valence-corrected chi connectivity index (χ4v) is 2.02. The van der Waals surface area contributed by atoms with Crippen LogP contribution in [0, 0.1) is 0 Å². The highest BCUT2D eigenvalue weighted by molar-refractivity contribution is 5.76. The van der Waals surface area contributed by atoms with E-state index in [1.807, 2.05) is 18.9 Å². The molecule has 1 saturated heterocycles. The molecular formula is C12H24N2O2. The van der Waals surface area contributed by atoms with E-state index < -0.39 is 0 Å². The van der Waals surface area contributed by atoms with Gasteiger partial charge in [0.15, 0.2) is 0 Å². The minimum Gasteiger partial charge on any atom is -0.376 e. The van der Waals surface area contributed by atoms with E-state index in [0.29, 0.717) is 6.42 Å². The highest BCUT2D eigenvalue weighted by atomic mass is 16.5. The molecule has 0 radical (unpaired) electrons. The molecule has 0 aromatic carbocycles. The fourth-order valence-electron chi connectivity index (χ4n) is 2.02. The number of hydrogen-bond acceptors (Lipinski definition) is 3. The summed E-state index contributed by atoms with van der Waals surface area (Å²) >= 11 is 0. The van der Waals surface area contributed by atoms with Gasteiger partial charge in [-0.3, -0.25) is 4.79 Å². The second-order valence-electron chi connectivity index (χ2n) is 4.27. The van der Waals surface area contributed by atoms with Crippen LogP contribution in [0.3, 0.4) is 0 Å². The molecule has 0 aliphatic carbocycles. The summed E-state index contributed by atoms with van der Waals surface area (Å²) in [5.41, 5.74) is 0. The van der Waals surface area contributed by atoms with Gasteiger partial charge in [-0.1, -0.05) is 0 Å². The lowest BCUT2D eigenvalue weighted by molar-refractivity contribution is -0.132. The average molecular weight is 228 g/mol. The Morgan fingerprint density at radius 3 is 2.94 bits per heavy atom. The second-order valence-corrected chi connectivity index (χ2v) is 4.27. The van der Waals surface area contributed by atoms with Gasteiger partial charge in [0, 0.05) is 26.1 Å². The van der Waals surface area contributed by atoms with Gasteiger partial charge in [-0.05, 0) is 39.8 Å². The van der Waals surface area contributed by atoms with Gasteiger partial charge in [-0.25, -0.2) is 0 Å². The normalized spacial score (nSPS) is 20.0. The first-order valence-electron chi connectivity index (χ1n) is 6.32. The third kappa shape index (κ3) is 4.49. The Bertz CT molecular complexity index is 203. The van der Waals surface area contributed by atoms with Crippen molar-refractivity contribution in [1.29, 1.82) is 0 Å². The molecule has 94 valence electrons.